The smallest absolute Gasteiger partial charge is 0.264 e. The molecule has 0 spiro atoms. The molecule has 5 rings (SSSR count). The van der Waals surface area contributed by atoms with E-state index in [1.165, 1.54) is 36.7 Å². The lowest BCUT2D eigenvalue weighted by molar-refractivity contribution is 0.102. The summed E-state index contributed by atoms with van der Waals surface area (Å²) in [4.78, 5) is 26.6. The molecular formula is C24H17N5O3S2. The van der Waals surface area contributed by atoms with Gasteiger partial charge in [0.1, 0.15) is 0 Å². The van der Waals surface area contributed by atoms with Gasteiger partial charge in [0.2, 0.25) is 5.95 Å². The average molecular weight is 488 g/mol. The fraction of sp³-hybridized carbons (Fsp3) is 0. The number of amides is 1. The molecule has 0 aliphatic carbocycles. The summed E-state index contributed by atoms with van der Waals surface area (Å²) >= 11 is 1.55. The van der Waals surface area contributed by atoms with Crippen LogP contribution >= 0.6 is 11.3 Å². The quantitative estimate of drug-likeness (QED) is 0.355. The highest BCUT2D eigenvalue weighted by Gasteiger charge is 2.17. The topological polar surface area (TPSA) is 114 Å². The molecule has 0 bridgehead atoms. The molecule has 0 saturated heterocycles. The summed E-state index contributed by atoms with van der Waals surface area (Å²) in [6, 6.07) is 20.6. The number of carbonyl (C=O) groups excluding carboxylic acids is 1. The van der Waals surface area contributed by atoms with E-state index in [-0.39, 0.29) is 16.8 Å². The Kier molecular flexibility index (Phi) is 5.74. The van der Waals surface area contributed by atoms with E-state index in [1.54, 1.807) is 23.5 Å². The number of nitrogens with one attached hydrogen (secondary N) is 2. The number of para-hydroxylation sites is 1. The molecule has 10 heteroatoms. The van der Waals surface area contributed by atoms with Crippen molar-refractivity contribution >= 4 is 49.8 Å². The average Bonchev–Trinajstić information content (AvgIpc) is 3.39. The Morgan fingerprint density at radius 1 is 0.882 bits per heavy atom. The molecule has 0 unspecified atom stereocenters. The highest BCUT2D eigenvalue weighted by molar-refractivity contribution is 7.92. The molecule has 2 aromatic carbocycles. The van der Waals surface area contributed by atoms with E-state index >= 15 is 0 Å². The van der Waals surface area contributed by atoms with Crippen molar-refractivity contribution in [1.82, 2.24) is 15.0 Å². The highest BCUT2D eigenvalue weighted by Crippen LogP contribution is 2.28. The minimum atomic E-state index is -3.87. The van der Waals surface area contributed by atoms with Crippen LogP contribution in [-0.2, 0) is 10.0 Å². The zero-order valence-corrected chi connectivity index (χ0v) is 19.2. The predicted molar refractivity (Wildman–Crippen MR) is 132 cm³/mol. The van der Waals surface area contributed by atoms with Crippen molar-refractivity contribution < 1.29 is 13.2 Å². The molecule has 2 N–H and O–H groups in total. The number of thiophene rings is 1. The third-order valence-corrected chi connectivity index (χ3v) is 7.18. The Balaban J connectivity index is 1.41. The van der Waals surface area contributed by atoms with Gasteiger partial charge in [-0.3, -0.25) is 4.79 Å². The van der Waals surface area contributed by atoms with Crippen LogP contribution < -0.4 is 10.0 Å². The first-order valence-electron chi connectivity index (χ1n) is 10.1. The van der Waals surface area contributed by atoms with E-state index in [2.05, 4.69) is 25.0 Å². The second kappa shape index (κ2) is 9.00. The van der Waals surface area contributed by atoms with E-state index < -0.39 is 10.0 Å². The second-order valence-corrected chi connectivity index (χ2v) is 9.84. The van der Waals surface area contributed by atoms with Crippen LogP contribution in [0.25, 0.3) is 21.5 Å². The van der Waals surface area contributed by atoms with Gasteiger partial charge in [0.25, 0.3) is 15.9 Å². The van der Waals surface area contributed by atoms with E-state index in [4.69, 9.17) is 0 Å². The number of pyridine rings is 1. The van der Waals surface area contributed by atoms with Crippen molar-refractivity contribution in [3.63, 3.8) is 0 Å². The number of hydrogen-bond acceptors (Lipinski definition) is 7. The predicted octanol–water partition coefficient (Wildman–Crippen LogP) is 4.81. The van der Waals surface area contributed by atoms with Crippen LogP contribution in [0.2, 0.25) is 0 Å². The van der Waals surface area contributed by atoms with E-state index in [1.807, 2.05) is 41.8 Å². The molecule has 0 saturated carbocycles. The van der Waals surface area contributed by atoms with Crippen molar-refractivity contribution in [1.29, 1.82) is 0 Å². The summed E-state index contributed by atoms with van der Waals surface area (Å²) in [6.45, 7) is 0. The molecule has 0 fully saturated rings. The molecule has 168 valence electrons. The number of rotatable bonds is 6. The molecule has 0 aliphatic rings. The Morgan fingerprint density at radius 2 is 1.65 bits per heavy atom. The molecule has 34 heavy (non-hydrogen) atoms. The summed E-state index contributed by atoms with van der Waals surface area (Å²) in [5.74, 6) is -0.339. The highest BCUT2D eigenvalue weighted by atomic mass is 32.2. The SMILES string of the molecule is O=C(Nc1ccc(S(=O)(=O)Nc2ncccn2)cc1)c1cc(-c2cccs2)nc2ccccc12. The lowest BCUT2D eigenvalue weighted by Crippen LogP contribution is -2.15. The van der Waals surface area contributed by atoms with Crippen LogP contribution in [0.1, 0.15) is 10.4 Å². The van der Waals surface area contributed by atoms with Crippen molar-refractivity contribution in [3.05, 3.63) is 96.1 Å². The summed E-state index contributed by atoms with van der Waals surface area (Å²) in [5, 5.41) is 5.53. The van der Waals surface area contributed by atoms with Gasteiger partial charge in [-0.2, -0.15) is 0 Å². The molecule has 0 radical (unpaired) electrons. The lowest BCUT2D eigenvalue weighted by Gasteiger charge is -2.11. The Labute approximate surface area is 199 Å². The van der Waals surface area contributed by atoms with Gasteiger partial charge in [-0.15, -0.1) is 11.3 Å². The van der Waals surface area contributed by atoms with Gasteiger partial charge in [-0.25, -0.2) is 28.1 Å². The molecule has 0 atom stereocenters. The number of anilines is 2. The monoisotopic (exact) mass is 487 g/mol. The van der Waals surface area contributed by atoms with Gasteiger partial charge in [-0.05, 0) is 53.9 Å². The summed E-state index contributed by atoms with van der Waals surface area (Å²) in [5.41, 5.74) is 2.37. The molecule has 0 aliphatic heterocycles. The number of nitrogens with zero attached hydrogens (tertiary/aromatic N) is 3. The summed E-state index contributed by atoms with van der Waals surface area (Å²) < 4.78 is 27.5. The fourth-order valence-corrected chi connectivity index (χ4v) is 5.00. The maximum atomic E-state index is 13.2. The standard InChI is InChI=1S/C24H17N5O3S2/c30-23(19-15-21(22-7-3-14-33-22)28-20-6-2-1-5-18(19)20)27-16-8-10-17(11-9-16)34(31,32)29-24-25-12-4-13-26-24/h1-15H,(H,27,30)(H,25,26,29). The molecule has 8 nitrogen and oxygen atoms in total. The van der Waals surface area contributed by atoms with Crippen LogP contribution in [0.5, 0.6) is 0 Å². The molecular weight excluding hydrogens is 470 g/mol. The van der Waals surface area contributed by atoms with Gasteiger partial charge in [0, 0.05) is 23.5 Å². The van der Waals surface area contributed by atoms with Gasteiger partial charge < -0.3 is 5.32 Å². The van der Waals surface area contributed by atoms with Gasteiger partial charge in [-0.1, -0.05) is 24.3 Å². The Bertz CT molecular complexity index is 1570. The third kappa shape index (κ3) is 4.49. The van der Waals surface area contributed by atoms with Crippen LogP contribution in [0.15, 0.2) is 95.5 Å². The summed E-state index contributed by atoms with van der Waals surface area (Å²) in [6.07, 6.45) is 2.88. The number of hydrogen-bond donors (Lipinski definition) is 2. The van der Waals surface area contributed by atoms with Gasteiger partial charge in [0.05, 0.1) is 26.5 Å². The number of sulfonamides is 1. The first kappa shape index (κ1) is 21.7. The number of aromatic nitrogens is 3. The summed E-state index contributed by atoms with van der Waals surface area (Å²) in [7, 11) is -3.87. The molecule has 3 aromatic heterocycles. The van der Waals surface area contributed by atoms with Crippen molar-refractivity contribution in [2.24, 2.45) is 0 Å². The first-order chi connectivity index (χ1) is 16.5. The van der Waals surface area contributed by atoms with Crippen molar-refractivity contribution in [2.75, 3.05) is 10.0 Å². The third-order valence-electron chi connectivity index (χ3n) is 4.95. The number of fused-ring (bicyclic) bond motifs is 1. The van der Waals surface area contributed by atoms with Crippen LogP contribution in [-0.4, -0.2) is 29.3 Å². The number of carbonyl (C=O) groups is 1. The van der Waals surface area contributed by atoms with Gasteiger partial charge >= 0.3 is 0 Å². The minimum Gasteiger partial charge on any atom is -0.322 e. The number of benzene rings is 2. The maximum Gasteiger partial charge on any atom is 0.264 e. The molecule has 5 aromatic rings. The minimum absolute atomic E-state index is 0.0206. The van der Waals surface area contributed by atoms with Crippen molar-refractivity contribution in [2.45, 2.75) is 4.90 Å². The lowest BCUT2D eigenvalue weighted by atomic mass is 10.1. The fourth-order valence-electron chi connectivity index (χ4n) is 3.36. The van der Waals surface area contributed by atoms with Crippen molar-refractivity contribution in [3.8, 4) is 10.6 Å². The normalized spacial score (nSPS) is 11.3. The molecule has 3 heterocycles. The van der Waals surface area contributed by atoms with Crippen LogP contribution in [0.4, 0.5) is 11.6 Å². The Hall–Kier alpha value is -4.15. The maximum absolute atomic E-state index is 13.2. The van der Waals surface area contributed by atoms with Crippen LogP contribution in [0.3, 0.4) is 0 Å². The van der Waals surface area contributed by atoms with E-state index in [9.17, 15) is 13.2 Å². The van der Waals surface area contributed by atoms with E-state index in [0.717, 1.165) is 16.0 Å². The second-order valence-electron chi connectivity index (χ2n) is 7.21. The zero-order valence-electron chi connectivity index (χ0n) is 17.5. The largest absolute Gasteiger partial charge is 0.322 e. The molecule has 1 amide bonds. The van der Waals surface area contributed by atoms with E-state index in [0.29, 0.717) is 16.8 Å². The van der Waals surface area contributed by atoms with Crippen LogP contribution in [0, 0.1) is 0 Å². The first-order valence-corrected chi connectivity index (χ1v) is 12.5. The Morgan fingerprint density at radius 3 is 2.38 bits per heavy atom. The zero-order chi connectivity index (χ0) is 23.5. The van der Waals surface area contributed by atoms with Gasteiger partial charge in [0.15, 0.2) is 0 Å².